The number of unbranched alkanes of at least 4 members (excludes halogenated alkanes) is 2. The Balaban J connectivity index is 2.26. The molecular formula is C15H17NO4. The Hall–Kier alpha value is -2.30. The van der Waals surface area contributed by atoms with Crippen molar-refractivity contribution in [1.82, 2.24) is 4.98 Å². The second kappa shape index (κ2) is 6.23. The summed E-state index contributed by atoms with van der Waals surface area (Å²) in [5.41, 5.74) is -0.261. The molecule has 0 radical (unpaired) electrons. The maximum Gasteiger partial charge on any atom is 0.341 e. The van der Waals surface area contributed by atoms with Crippen LogP contribution in [0.2, 0.25) is 0 Å². The van der Waals surface area contributed by atoms with Crippen LogP contribution in [0.3, 0.4) is 0 Å². The number of rotatable bonds is 6. The van der Waals surface area contributed by atoms with Crippen LogP contribution in [-0.2, 0) is 0 Å². The summed E-state index contributed by atoms with van der Waals surface area (Å²) >= 11 is 0. The van der Waals surface area contributed by atoms with E-state index in [1.165, 1.54) is 6.07 Å². The van der Waals surface area contributed by atoms with Crippen LogP contribution in [0.15, 0.2) is 29.1 Å². The predicted octanol–water partition coefficient (Wildman–Crippen LogP) is 2.80. The summed E-state index contributed by atoms with van der Waals surface area (Å²) in [6.45, 7) is 2.76. The number of hydrogen-bond donors (Lipinski definition) is 2. The molecule has 5 heteroatoms. The van der Waals surface area contributed by atoms with Crippen molar-refractivity contribution in [2.24, 2.45) is 0 Å². The average Bonchev–Trinajstić information content (AvgIpc) is 2.42. The SMILES string of the molecule is CCCCCOc1ccc2[nH]c(=O)c(C(=O)O)cc2c1. The number of hydrogen-bond acceptors (Lipinski definition) is 3. The molecule has 1 aromatic heterocycles. The first-order valence-corrected chi connectivity index (χ1v) is 6.65. The van der Waals surface area contributed by atoms with Crippen LogP contribution in [0.4, 0.5) is 0 Å². The standard InChI is InChI=1S/C15H17NO4/c1-2-3-4-7-20-11-5-6-13-10(8-11)9-12(15(18)19)14(17)16-13/h5-6,8-9H,2-4,7H2,1H3,(H,16,17)(H,18,19). The molecule has 0 bridgehead atoms. The van der Waals surface area contributed by atoms with Gasteiger partial charge in [-0.3, -0.25) is 4.79 Å². The van der Waals surface area contributed by atoms with Crippen LogP contribution in [0, 0.1) is 0 Å². The Kier molecular flexibility index (Phi) is 4.40. The molecular weight excluding hydrogens is 258 g/mol. The zero-order valence-electron chi connectivity index (χ0n) is 11.3. The van der Waals surface area contributed by atoms with Gasteiger partial charge in [0.15, 0.2) is 0 Å². The Morgan fingerprint density at radius 1 is 1.30 bits per heavy atom. The molecule has 1 heterocycles. The van der Waals surface area contributed by atoms with E-state index in [9.17, 15) is 9.59 Å². The van der Waals surface area contributed by atoms with Gasteiger partial charge in [-0.1, -0.05) is 19.8 Å². The van der Waals surface area contributed by atoms with Gasteiger partial charge in [-0.25, -0.2) is 4.79 Å². The van der Waals surface area contributed by atoms with Crippen molar-refractivity contribution in [2.45, 2.75) is 26.2 Å². The topological polar surface area (TPSA) is 79.4 Å². The van der Waals surface area contributed by atoms with E-state index in [0.29, 0.717) is 23.3 Å². The highest BCUT2D eigenvalue weighted by atomic mass is 16.5. The lowest BCUT2D eigenvalue weighted by molar-refractivity contribution is 0.0695. The van der Waals surface area contributed by atoms with Crippen molar-refractivity contribution in [3.05, 3.63) is 40.2 Å². The summed E-state index contributed by atoms with van der Waals surface area (Å²) in [5.74, 6) is -0.556. The molecule has 2 N–H and O–H groups in total. The number of ether oxygens (including phenoxy) is 1. The number of carbonyl (C=O) groups is 1. The van der Waals surface area contributed by atoms with Crippen LogP contribution in [0.25, 0.3) is 10.9 Å². The molecule has 2 aromatic rings. The number of carboxylic acids is 1. The van der Waals surface area contributed by atoms with Gasteiger partial charge in [0.05, 0.1) is 6.61 Å². The Morgan fingerprint density at radius 2 is 2.10 bits per heavy atom. The number of aromatic nitrogens is 1. The smallest absolute Gasteiger partial charge is 0.341 e. The van der Waals surface area contributed by atoms with E-state index in [-0.39, 0.29) is 5.56 Å². The van der Waals surface area contributed by atoms with Gasteiger partial charge >= 0.3 is 5.97 Å². The lowest BCUT2D eigenvalue weighted by Crippen LogP contribution is -2.16. The molecule has 0 fully saturated rings. The summed E-state index contributed by atoms with van der Waals surface area (Å²) in [6, 6.07) is 6.60. The molecule has 106 valence electrons. The van der Waals surface area contributed by atoms with Crippen molar-refractivity contribution in [1.29, 1.82) is 0 Å². The molecule has 0 amide bonds. The van der Waals surface area contributed by atoms with E-state index in [2.05, 4.69) is 11.9 Å². The first-order chi connectivity index (χ1) is 9.61. The Labute approximate surface area is 116 Å². The van der Waals surface area contributed by atoms with Crippen LogP contribution in [0.5, 0.6) is 5.75 Å². The lowest BCUT2D eigenvalue weighted by Gasteiger charge is -2.07. The molecule has 0 atom stereocenters. The third kappa shape index (κ3) is 3.17. The monoisotopic (exact) mass is 275 g/mol. The van der Waals surface area contributed by atoms with Gasteiger partial charge in [0.25, 0.3) is 5.56 Å². The van der Waals surface area contributed by atoms with Gasteiger partial charge in [-0.2, -0.15) is 0 Å². The van der Waals surface area contributed by atoms with Crippen molar-refractivity contribution in [2.75, 3.05) is 6.61 Å². The maximum absolute atomic E-state index is 11.5. The average molecular weight is 275 g/mol. The molecule has 0 aliphatic heterocycles. The summed E-state index contributed by atoms with van der Waals surface area (Å²) in [5, 5.41) is 9.59. The summed E-state index contributed by atoms with van der Waals surface area (Å²) in [4.78, 5) is 25.0. The van der Waals surface area contributed by atoms with Crippen molar-refractivity contribution in [3.8, 4) is 5.75 Å². The van der Waals surface area contributed by atoms with Crippen LogP contribution in [0.1, 0.15) is 36.5 Å². The molecule has 0 saturated heterocycles. The van der Waals surface area contributed by atoms with Gasteiger partial charge < -0.3 is 14.8 Å². The first kappa shape index (κ1) is 14.1. The number of carboxylic acid groups (broad SMARTS) is 1. The molecule has 20 heavy (non-hydrogen) atoms. The minimum Gasteiger partial charge on any atom is -0.494 e. The second-order valence-corrected chi connectivity index (χ2v) is 4.62. The van der Waals surface area contributed by atoms with Gasteiger partial charge in [-0.15, -0.1) is 0 Å². The zero-order valence-corrected chi connectivity index (χ0v) is 11.3. The number of benzene rings is 1. The fraction of sp³-hybridized carbons (Fsp3) is 0.333. The molecule has 0 unspecified atom stereocenters. The molecule has 0 spiro atoms. The predicted molar refractivity (Wildman–Crippen MR) is 76.5 cm³/mol. The van der Waals surface area contributed by atoms with Crippen molar-refractivity contribution >= 4 is 16.9 Å². The van der Waals surface area contributed by atoms with Crippen LogP contribution < -0.4 is 10.3 Å². The van der Waals surface area contributed by atoms with E-state index in [0.717, 1.165) is 19.3 Å². The van der Waals surface area contributed by atoms with Crippen molar-refractivity contribution < 1.29 is 14.6 Å². The van der Waals surface area contributed by atoms with Gasteiger partial charge in [0.2, 0.25) is 0 Å². The minimum atomic E-state index is -1.23. The third-order valence-electron chi connectivity index (χ3n) is 3.06. The van der Waals surface area contributed by atoms with E-state index in [4.69, 9.17) is 9.84 Å². The first-order valence-electron chi connectivity index (χ1n) is 6.65. The van der Waals surface area contributed by atoms with E-state index in [1.54, 1.807) is 18.2 Å². The summed E-state index contributed by atoms with van der Waals surface area (Å²) < 4.78 is 5.61. The molecule has 0 saturated carbocycles. The van der Waals surface area contributed by atoms with Crippen LogP contribution in [-0.4, -0.2) is 22.7 Å². The lowest BCUT2D eigenvalue weighted by atomic mass is 10.1. The molecule has 5 nitrogen and oxygen atoms in total. The number of nitrogens with one attached hydrogen (secondary N) is 1. The fourth-order valence-corrected chi connectivity index (χ4v) is 1.98. The highest BCUT2D eigenvalue weighted by Gasteiger charge is 2.10. The van der Waals surface area contributed by atoms with Crippen LogP contribution >= 0.6 is 0 Å². The number of aromatic carboxylic acids is 1. The highest BCUT2D eigenvalue weighted by molar-refractivity contribution is 5.92. The second-order valence-electron chi connectivity index (χ2n) is 4.62. The normalized spacial score (nSPS) is 10.7. The van der Waals surface area contributed by atoms with Gasteiger partial charge in [0, 0.05) is 10.9 Å². The summed E-state index contributed by atoms with van der Waals surface area (Å²) in [6.07, 6.45) is 3.23. The summed E-state index contributed by atoms with van der Waals surface area (Å²) in [7, 11) is 0. The number of H-pyrrole nitrogens is 1. The van der Waals surface area contributed by atoms with E-state index < -0.39 is 11.5 Å². The Morgan fingerprint density at radius 3 is 2.80 bits per heavy atom. The highest BCUT2D eigenvalue weighted by Crippen LogP contribution is 2.19. The molecule has 1 aromatic carbocycles. The third-order valence-corrected chi connectivity index (χ3v) is 3.06. The minimum absolute atomic E-state index is 0.263. The zero-order chi connectivity index (χ0) is 14.5. The Bertz CT molecular complexity index is 675. The number of fused-ring (bicyclic) bond motifs is 1. The van der Waals surface area contributed by atoms with Gasteiger partial charge in [-0.05, 0) is 30.7 Å². The number of aromatic amines is 1. The molecule has 0 aliphatic rings. The molecule has 2 rings (SSSR count). The largest absolute Gasteiger partial charge is 0.494 e. The quantitative estimate of drug-likeness (QED) is 0.794. The van der Waals surface area contributed by atoms with Crippen molar-refractivity contribution in [3.63, 3.8) is 0 Å². The molecule has 0 aliphatic carbocycles. The fourth-order valence-electron chi connectivity index (χ4n) is 1.98. The van der Waals surface area contributed by atoms with E-state index >= 15 is 0 Å². The van der Waals surface area contributed by atoms with Gasteiger partial charge in [0.1, 0.15) is 11.3 Å². The maximum atomic E-state index is 11.5. The number of pyridine rings is 1. The van der Waals surface area contributed by atoms with E-state index in [1.807, 2.05) is 0 Å².